The van der Waals surface area contributed by atoms with Gasteiger partial charge in [-0.05, 0) is 46.5 Å². The van der Waals surface area contributed by atoms with Gasteiger partial charge in [0.25, 0.3) is 0 Å². The number of guanidine groups is 1. The molecule has 1 aliphatic carbocycles. The molecule has 4 aromatic rings. The molecule has 0 fully saturated rings. The van der Waals surface area contributed by atoms with Crippen LogP contribution in [0.4, 0.5) is 5.69 Å². The molecule has 3 heteroatoms. The van der Waals surface area contributed by atoms with Crippen LogP contribution in [0.25, 0.3) is 10.8 Å². The smallest absolute Gasteiger partial charge is 0.196 e. The van der Waals surface area contributed by atoms with Crippen LogP contribution in [0.15, 0.2) is 96.0 Å². The van der Waals surface area contributed by atoms with Gasteiger partial charge in [0, 0.05) is 12.4 Å². The summed E-state index contributed by atoms with van der Waals surface area (Å²) in [4.78, 5) is 6.99. The molecule has 0 saturated carbocycles. The fraction of sp³-hybridized carbons (Fsp3) is 0.148. The van der Waals surface area contributed by atoms with Gasteiger partial charge in [0.15, 0.2) is 5.96 Å². The van der Waals surface area contributed by atoms with Crippen LogP contribution in [0.3, 0.4) is 0 Å². The topological polar surface area (TPSA) is 41.6 Å². The van der Waals surface area contributed by atoms with E-state index in [1.54, 1.807) is 0 Å². The lowest BCUT2D eigenvalue weighted by Gasteiger charge is -2.23. The highest BCUT2D eigenvalue weighted by atomic mass is 15.2. The Hall–Kier alpha value is -3.59. The third kappa shape index (κ3) is 3.22. The van der Waals surface area contributed by atoms with Crippen molar-refractivity contribution in [2.45, 2.75) is 18.9 Å². The van der Waals surface area contributed by atoms with E-state index in [-0.39, 0.29) is 6.04 Å². The van der Waals surface area contributed by atoms with Crippen LogP contribution in [0.2, 0.25) is 0 Å². The van der Waals surface area contributed by atoms with Gasteiger partial charge >= 0.3 is 0 Å². The van der Waals surface area contributed by atoms with Crippen molar-refractivity contribution in [3.8, 4) is 0 Å². The second-order valence-electron chi connectivity index (χ2n) is 7.85. The van der Waals surface area contributed by atoms with Crippen LogP contribution in [-0.4, -0.2) is 13.0 Å². The summed E-state index contributed by atoms with van der Waals surface area (Å²) >= 11 is 0. The van der Waals surface area contributed by atoms with E-state index < -0.39 is 0 Å². The van der Waals surface area contributed by atoms with E-state index in [1.165, 1.54) is 21.9 Å². The van der Waals surface area contributed by atoms with Crippen molar-refractivity contribution in [1.29, 1.82) is 0 Å². The van der Waals surface area contributed by atoms with E-state index in [0.717, 1.165) is 29.7 Å². The van der Waals surface area contributed by atoms with Gasteiger partial charge in [0.2, 0.25) is 0 Å². The third-order valence-electron chi connectivity index (χ3n) is 6.05. The van der Waals surface area contributed by atoms with Gasteiger partial charge in [0.1, 0.15) is 6.04 Å². The number of aryl methyl sites for hydroxylation is 2. The Morgan fingerprint density at radius 3 is 2.00 bits per heavy atom. The van der Waals surface area contributed by atoms with E-state index in [9.17, 15) is 0 Å². The van der Waals surface area contributed by atoms with Gasteiger partial charge in [0.05, 0.1) is 5.69 Å². The van der Waals surface area contributed by atoms with Gasteiger partial charge in [-0.2, -0.15) is 0 Å². The largest absolute Gasteiger partial charge is 0.369 e. The van der Waals surface area contributed by atoms with E-state index in [2.05, 4.69) is 54.6 Å². The number of nitrogens with zero attached hydrogens (tertiary/aromatic N) is 2. The first kappa shape index (κ1) is 18.4. The quantitative estimate of drug-likeness (QED) is 0.370. The molecule has 0 saturated heterocycles. The number of hydrogen-bond acceptors (Lipinski definition) is 1. The number of rotatable bonds is 4. The second kappa shape index (κ2) is 7.68. The van der Waals surface area contributed by atoms with Crippen molar-refractivity contribution in [3.05, 3.63) is 113 Å². The molecule has 0 unspecified atom stereocenters. The van der Waals surface area contributed by atoms with Crippen LogP contribution in [0.1, 0.15) is 28.3 Å². The van der Waals surface area contributed by atoms with Crippen LogP contribution in [0, 0.1) is 0 Å². The number of aliphatic imine (C=N–C) groups is 1. The fourth-order valence-electron chi connectivity index (χ4n) is 4.48. The predicted octanol–water partition coefficient (Wildman–Crippen LogP) is 5.48. The van der Waals surface area contributed by atoms with E-state index in [1.807, 2.05) is 48.3 Å². The maximum Gasteiger partial charge on any atom is 0.196 e. The molecule has 30 heavy (non-hydrogen) atoms. The number of nitrogens with two attached hydrogens (primary N) is 1. The molecule has 0 radical (unpaired) electrons. The first-order chi connectivity index (χ1) is 14.7. The van der Waals surface area contributed by atoms with Gasteiger partial charge in [-0.3, -0.25) is 0 Å². The number of anilines is 1. The Bertz CT molecular complexity index is 1160. The maximum absolute atomic E-state index is 6.58. The minimum absolute atomic E-state index is 0.147. The van der Waals surface area contributed by atoms with Crippen molar-refractivity contribution in [2.24, 2.45) is 10.7 Å². The molecule has 3 nitrogen and oxygen atoms in total. The molecular formula is C27H25N3. The average molecular weight is 392 g/mol. The van der Waals surface area contributed by atoms with E-state index in [0.29, 0.717) is 5.96 Å². The molecular weight excluding hydrogens is 366 g/mol. The summed E-state index contributed by atoms with van der Waals surface area (Å²) in [6.07, 6.45) is 2.24. The molecule has 0 amide bonds. The summed E-state index contributed by atoms with van der Waals surface area (Å²) in [6, 6.07) is 31.5. The van der Waals surface area contributed by atoms with Crippen molar-refractivity contribution >= 4 is 22.4 Å². The Kier molecular flexibility index (Phi) is 4.72. The van der Waals surface area contributed by atoms with Crippen molar-refractivity contribution < 1.29 is 0 Å². The average Bonchev–Trinajstić information content (AvgIpc) is 3.23. The lowest BCUT2D eigenvalue weighted by molar-refractivity contribution is 0.863. The fourth-order valence-corrected chi connectivity index (χ4v) is 4.48. The first-order valence-electron chi connectivity index (χ1n) is 10.4. The summed E-state index contributed by atoms with van der Waals surface area (Å²) < 4.78 is 0. The molecule has 5 rings (SSSR count). The van der Waals surface area contributed by atoms with E-state index >= 15 is 0 Å². The summed E-state index contributed by atoms with van der Waals surface area (Å²) in [6.45, 7) is 0. The van der Waals surface area contributed by atoms with Gasteiger partial charge < -0.3 is 10.6 Å². The molecule has 148 valence electrons. The third-order valence-corrected chi connectivity index (χ3v) is 6.05. The van der Waals surface area contributed by atoms with Gasteiger partial charge in [-0.15, -0.1) is 0 Å². The summed E-state index contributed by atoms with van der Waals surface area (Å²) in [7, 11) is 2.00. The van der Waals surface area contributed by atoms with Crippen molar-refractivity contribution in [1.82, 2.24) is 0 Å². The van der Waals surface area contributed by atoms with E-state index in [4.69, 9.17) is 10.7 Å². The zero-order valence-electron chi connectivity index (χ0n) is 17.1. The number of benzene rings is 4. The molecule has 0 heterocycles. The molecule has 0 atom stereocenters. The minimum atomic E-state index is -0.147. The summed E-state index contributed by atoms with van der Waals surface area (Å²) in [5.74, 6) is 0.506. The molecule has 1 aliphatic rings. The summed E-state index contributed by atoms with van der Waals surface area (Å²) in [5, 5.41) is 2.64. The van der Waals surface area contributed by atoms with Crippen molar-refractivity contribution in [3.63, 3.8) is 0 Å². The standard InChI is InChI=1S/C27H25N3/c1-30(24-18-17-20-16-15-19-13-8-14-23(24)25(19)20)27(28)29-26(21-9-4-2-5-10-21)22-11-6-3-7-12-22/h2-14,17-18,26H,15-16H2,1H3,(H2,28,29). The highest BCUT2D eigenvalue weighted by Gasteiger charge is 2.19. The minimum Gasteiger partial charge on any atom is -0.369 e. The van der Waals surface area contributed by atoms with Crippen LogP contribution >= 0.6 is 0 Å². The SMILES string of the molecule is CN(C(N)=NC(c1ccccc1)c1ccccc1)c1ccc2c3c(cccc13)CC2. The van der Waals surface area contributed by atoms with Crippen LogP contribution in [-0.2, 0) is 12.8 Å². The lowest BCUT2D eigenvalue weighted by atomic mass is 9.99. The molecule has 0 bridgehead atoms. The Labute approximate surface area is 177 Å². The highest BCUT2D eigenvalue weighted by Crippen LogP contribution is 2.36. The Morgan fingerprint density at radius 1 is 0.767 bits per heavy atom. The zero-order chi connectivity index (χ0) is 20.5. The monoisotopic (exact) mass is 391 g/mol. The first-order valence-corrected chi connectivity index (χ1v) is 10.4. The molecule has 4 aromatic carbocycles. The summed E-state index contributed by atoms with van der Waals surface area (Å²) in [5.41, 5.74) is 12.8. The number of hydrogen-bond donors (Lipinski definition) is 1. The normalized spacial score (nSPS) is 13.2. The Balaban J connectivity index is 1.57. The van der Waals surface area contributed by atoms with Gasteiger partial charge in [-0.1, -0.05) is 84.9 Å². The lowest BCUT2D eigenvalue weighted by Crippen LogP contribution is -2.34. The van der Waals surface area contributed by atoms with Crippen LogP contribution in [0.5, 0.6) is 0 Å². The molecule has 2 N–H and O–H groups in total. The molecule has 0 aliphatic heterocycles. The zero-order valence-corrected chi connectivity index (χ0v) is 17.1. The highest BCUT2D eigenvalue weighted by molar-refractivity contribution is 6.06. The Morgan fingerprint density at radius 2 is 1.37 bits per heavy atom. The van der Waals surface area contributed by atoms with Crippen LogP contribution < -0.4 is 10.6 Å². The second-order valence-corrected chi connectivity index (χ2v) is 7.85. The molecule has 0 spiro atoms. The molecule has 0 aromatic heterocycles. The van der Waals surface area contributed by atoms with Gasteiger partial charge in [-0.25, -0.2) is 4.99 Å². The maximum atomic E-state index is 6.58. The van der Waals surface area contributed by atoms with Crippen molar-refractivity contribution in [2.75, 3.05) is 11.9 Å². The predicted molar refractivity (Wildman–Crippen MR) is 126 cm³/mol.